The predicted molar refractivity (Wildman–Crippen MR) is 100 cm³/mol. The molecule has 0 saturated heterocycles. The topological polar surface area (TPSA) is 59.8 Å². The average Bonchev–Trinajstić information content (AvgIpc) is 3.16. The van der Waals surface area contributed by atoms with Crippen LogP contribution in [0.1, 0.15) is 71.0 Å². The number of carbonyl (C=O) groups excluding carboxylic acids is 2. The molecule has 1 aromatic rings. The third-order valence-corrected chi connectivity index (χ3v) is 5.29. The minimum Gasteiger partial charge on any atom is -0.467 e. The molecule has 1 aliphatic rings. The quantitative estimate of drug-likeness (QED) is 0.572. The Hall–Kier alpha value is -1.78. The van der Waals surface area contributed by atoms with E-state index in [9.17, 15) is 9.59 Å². The van der Waals surface area contributed by atoms with Crippen LogP contribution < -0.4 is 0 Å². The average molecular weight is 363 g/mol. The highest BCUT2D eigenvalue weighted by molar-refractivity contribution is 5.79. The van der Waals surface area contributed by atoms with E-state index in [1.54, 1.807) is 18.1 Å². The van der Waals surface area contributed by atoms with E-state index in [2.05, 4.69) is 6.92 Å². The van der Waals surface area contributed by atoms with Crippen LogP contribution in [0.25, 0.3) is 0 Å². The molecule has 1 aliphatic carbocycles. The number of carbonyl (C=O) groups is 2. The molecule has 0 spiro atoms. The van der Waals surface area contributed by atoms with Crippen LogP contribution in [0.2, 0.25) is 0 Å². The molecule has 0 atom stereocenters. The largest absolute Gasteiger partial charge is 0.467 e. The van der Waals surface area contributed by atoms with Gasteiger partial charge >= 0.3 is 5.97 Å². The lowest BCUT2D eigenvalue weighted by Crippen LogP contribution is -2.38. The number of ether oxygens (including phenoxy) is 1. The van der Waals surface area contributed by atoms with E-state index in [0.29, 0.717) is 19.7 Å². The Kier molecular flexibility index (Phi) is 8.72. The lowest BCUT2D eigenvalue weighted by Gasteiger charge is -2.32. The van der Waals surface area contributed by atoms with E-state index in [0.717, 1.165) is 37.4 Å². The number of esters is 1. The van der Waals surface area contributed by atoms with Crippen molar-refractivity contribution in [2.75, 3.05) is 13.2 Å². The molecule has 5 heteroatoms. The number of nitrogens with zero attached hydrogens (tertiary/aromatic N) is 1. The zero-order valence-electron chi connectivity index (χ0n) is 16.2. The summed E-state index contributed by atoms with van der Waals surface area (Å²) in [6.45, 7) is 5.19. The van der Waals surface area contributed by atoms with Gasteiger partial charge < -0.3 is 14.1 Å². The van der Waals surface area contributed by atoms with Crippen molar-refractivity contribution in [2.45, 2.75) is 71.8 Å². The second-order valence-corrected chi connectivity index (χ2v) is 7.25. The fraction of sp³-hybridized carbons (Fsp3) is 0.714. The van der Waals surface area contributed by atoms with Gasteiger partial charge in [0.15, 0.2) is 0 Å². The molecule has 0 unspecified atom stereocenters. The van der Waals surface area contributed by atoms with Crippen molar-refractivity contribution < 1.29 is 18.7 Å². The van der Waals surface area contributed by atoms with Crippen molar-refractivity contribution in [1.82, 2.24) is 4.90 Å². The maximum atomic E-state index is 13.0. The maximum Gasteiger partial charge on any atom is 0.307 e. The first-order valence-electron chi connectivity index (χ1n) is 10.1. The van der Waals surface area contributed by atoms with Crippen LogP contribution in [0.4, 0.5) is 0 Å². The van der Waals surface area contributed by atoms with Crippen molar-refractivity contribution in [3.63, 3.8) is 0 Å². The SMILES string of the molecule is CCCCC1CCC(C(=O)N(CCC(=O)OCC)Cc2ccco2)CC1. The summed E-state index contributed by atoms with van der Waals surface area (Å²) in [5.41, 5.74) is 0. The number of furan rings is 1. The molecule has 26 heavy (non-hydrogen) atoms. The third kappa shape index (κ3) is 6.50. The molecule has 0 radical (unpaired) electrons. The molecule has 1 amide bonds. The molecule has 0 aromatic carbocycles. The standard InChI is InChI=1S/C21H33NO4/c1-3-5-7-17-9-11-18(12-10-17)21(24)22(14-13-20(23)25-4-2)16-19-8-6-15-26-19/h6,8,15,17-18H,3-5,7,9-14,16H2,1-2H3. The molecular weight excluding hydrogens is 330 g/mol. The van der Waals surface area contributed by atoms with Crippen molar-refractivity contribution in [3.8, 4) is 0 Å². The number of unbranched alkanes of at least 4 members (excludes halogenated alkanes) is 1. The molecule has 1 aromatic heterocycles. The van der Waals surface area contributed by atoms with Crippen LogP contribution in [0.5, 0.6) is 0 Å². The van der Waals surface area contributed by atoms with Gasteiger partial charge in [-0.1, -0.05) is 26.2 Å². The van der Waals surface area contributed by atoms with E-state index in [-0.39, 0.29) is 24.2 Å². The van der Waals surface area contributed by atoms with Crippen molar-refractivity contribution >= 4 is 11.9 Å². The predicted octanol–water partition coefficient (Wildman–Crippen LogP) is 4.56. The van der Waals surface area contributed by atoms with Gasteiger partial charge in [-0.15, -0.1) is 0 Å². The van der Waals surface area contributed by atoms with E-state index in [1.165, 1.54) is 19.3 Å². The van der Waals surface area contributed by atoms with Crippen molar-refractivity contribution in [3.05, 3.63) is 24.2 Å². The van der Waals surface area contributed by atoms with Gasteiger partial charge in [-0.05, 0) is 50.7 Å². The second kappa shape index (κ2) is 11.0. The number of hydrogen-bond donors (Lipinski definition) is 0. The lowest BCUT2D eigenvalue weighted by atomic mass is 9.79. The maximum absolute atomic E-state index is 13.0. The lowest BCUT2D eigenvalue weighted by molar-refractivity contribution is -0.145. The second-order valence-electron chi connectivity index (χ2n) is 7.25. The third-order valence-electron chi connectivity index (χ3n) is 5.29. The summed E-state index contributed by atoms with van der Waals surface area (Å²) < 4.78 is 10.4. The van der Waals surface area contributed by atoms with E-state index in [1.807, 2.05) is 12.1 Å². The first-order chi connectivity index (χ1) is 12.6. The van der Waals surface area contributed by atoms with Crippen LogP contribution in [-0.2, 0) is 20.9 Å². The molecule has 1 heterocycles. The molecule has 1 fully saturated rings. The van der Waals surface area contributed by atoms with Gasteiger partial charge in [-0.3, -0.25) is 9.59 Å². The molecule has 2 rings (SSSR count). The highest BCUT2D eigenvalue weighted by Gasteiger charge is 2.30. The Morgan fingerprint density at radius 1 is 1.23 bits per heavy atom. The Morgan fingerprint density at radius 2 is 2.00 bits per heavy atom. The summed E-state index contributed by atoms with van der Waals surface area (Å²) >= 11 is 0. The van der Waals surface area contributed by atoms with Gasteiger partial charge in [0.2, 0.25) is 5.91 Å². The molecule has 0 N–H and O–H groups in total. The highest BCUT2D eigenvalue weighted by atomic mass is 16.5. The van der Waals surface area contributed by atoms with E-state index >= 15 is 0 Å². The van der Waals surface area contributed by atoms with Gasteiger partial charge in [-0.2, -0.15) is 0 Å². The number of hydrogen-bond acceptors (Lipinski definition) is 4. The summed E-state index contributed by atoms with van der Waals surface area (Å²) in [6, 6.07) is 3.69. The van der Waals surface area contributed by atoms with E-state index < -0.39 is 0 Å². The fourth-order valence-electron chi connectivity index (χ4n) is 3.77. The summed E-state index contributed by atoms with van der Waals surface area (Å²) in [7, 11) is 0. The summed E-state index contributed by atoms with van der Waals surface area (Å²) in [6.07, 6.45) is 9.86. The summed E-state index contributed by atoms with van der Waals surface area (Å²) in [4.78, 5) is 26.5. The Morgan fingerprint density at radius 3 is 2.62 bits per heavy atom. The number of rotatable bonds is 10. The van der Waals surface area contributed by atoms with Crippen molar-refractivity contribution in [1.29, 1.82) is 0 Å². The summed E-state index contributed by atoms with van der Waals surface area (Å²) in [5.74, 6) is 1.49. The van der Waals surface area contributed by atoms with Crippen LogP contribution in [0.3, 0.4) is 0 Å². The van der Waals surface area contributed by atoms with Crippen LogP contribution in [-0.4, -0.2) is 29.9 Å². The smallest absolute Gasteiger partial charge is 0.307 e. The van der Waals surface area contributed by atoms with Gasteiger partial charge in [0.05, 0.1) is 25.8 Å². The molecule has 5 nitrogen and oxygen atoms in total. The van der Waals surface area contributed by atoms with Gasteiger partial charge in [0.25, 0.3) is 0 Å². The molecule has 0 bridgehead atoms. The van der Waals surface area contributed by atoms with Crippen molar-refractivity contribution in [2.24, 2.45) is 11.8 Å². The normalized spacial score (nSPS) is 19.9. The van der Waals surface area contributed by atoms with Gasteiger partial charge in [0.1, 0.15) is 5.76 Å². The first kappa shape index (κ1) is 20.5. The zero-order valence-corrected chi connectivity index (χ0v) is 16.2. The molecule has 1 saturated carbocycles. The molecular formula is C21H33NO4. The fourth-order valence-corrected chi connectivity index (χ4v) is 3.77. The zero-order chi connectivity index (χ0) is 18.8. The first-order valence-corrected chi connectivity index (χ1v) is 10.1. The minimum absolute atomic E-state index is 0.0741. The monoisotopic (exact) mass is 363 g/mol. The van der Waals surface area contributed by atoms with E-state index in [4.69, 9.17) is 9.15 Å². The van der Waals surface area contributed by atoms with Crippen LogP contribution >= 0.6 is 0 Å². The Bertz CT molecular complexity index is 532. The highest BCUT2D eigenvalue weighted by Crippen LogP contribution is 2.33. The van der Waals surface area contributed by atoms with Gasteiger partial charge in [-0.25, -0.2) is 0 Å². The minimum atomic E-state index is -0.256. The van der Waals surface area contributed by atoms with Gasteiger partial charge in [0, 0.05) is 12.5 Å². The van der Waals surface area contributed by atoms with Crippen LogP contribution in [0, 0.1) is 11.8 Å². The Labute approximate surface area is 157 Å². The summed E-state index contributed by atoms with van der Waals surface area (Å²) in [5, 5.41) is 0. The van der Waals surface area contributed by atoms with Crippen LogP contribution in [0.15, 0.2) is 22.8 Å². The Balaban J connectivity index is 1.91. The number of amides is 1. The molecule has 146 valence electrons. The molecule has 0 aliphatic heterocycles.